The van der Waals surface area contributed by atoms with Crippen molar-refractivity contribution in [1.29, 1.82) is 0 Å². The molecule has 2 atom stereocenters. The number of aromatic nitrogens is 4. The minimum Gasteiger partial charge on any atom is -0.368 e. The fourth-order valence-corrected chi connectivity index (χ4v) is 4.52. The average Bonchev–Trinajstić information content (AvgIpc) is 3.08. The lowest BCUT2D eigenvalue weighted by Crippen LogP contribution is -2.54. The second kappa shape index (κ2) is 6.95. The summed E-state index contributed by atoms with van der Waals surface area (Å²) in [6, 6.07) is 8.98. The number of aryl methyl sites for hydroxylation is 2. The molecule has 2 unspecified atom stereocenters. The van der Waals surface area contributed by atoms with Gasteiger partial charge < -0.3 is 14.6 Å². The zero-order chi connectivity index (χ0) is 21.0. The van der Waals surface area contributed by atoms with Crippen molar-refractivity contribution in [2.75, 3.05) is 18.0 Å². The monoisotopic (exact) mass is 402 g/mol. The SMILES string of the molecule is Cc1cn2cc(-n3ccc4cc(N5CC(C)NC(C)C5)ccc4c3=O)nc(C)c2n1. The van der Waals surface area contributed by atoms with E-state index in [-0.39, 0.29) is 5.56 Å². The summed E-state index contributed by atoms with van der Waals surface area (Å²) in [5.74, 6) is 0.595. The van der Waals surface area contributed by atoms with Gasteiger partial charge in [-0.2, -0.15) is 0 Å². The standard InChI is InChI=1S/C23H26N6O/c1-14-10-27(11-15(2)24-14)19-5-6-20-18(9-19)7-8-29(23(20)30)21-13-28-12-16(3)25-22(28)17(4)26-21/h5-9,12-15,24H,10-11H2,1-4H3. The number of nitrogens with one attached hydrogen (secondary N) is 1. The van der Waals surface area contributed by atoms with E-state index < -0.39 is 0 Å². The Morgan fingerprint density at radius 3 is 2.57 bits per heavy atom. The molecule has 7 nitrogen and oxygen atoms in total. The third-order valence-corrected chi connectivity index (χ3v) is 5.77. The summed E-state index contributed by atoms with van der Waals surface area (Å²) >= 11 is 0. The van der Waals surface area contributed by atoms with Crippen molar-refractivity contribution in [1.82, 2.24) is 24.3 Å². The topological polar surface area (TPSA) is 67.5 Å². The number of nitrogens with zero attached hydrogens (tertiary/aromatic N) is 5. The molecule has 0 radical (unpaired) electrons. The van der Waals surface area contributed by atoms with Crippen LogP contribution in [0.15, 0.2) is 47.7 Å². The van der Waals surface area contributed by atoms with E-state index in [4.69, 9.17) is 0 Å². The Hall–Kier alpha value is -3.19. The van der Waals surface area contributed by atoms with Gasteiger partial charge in [0.2, 0.25) is 0 Å². The van der Waals surface area contributed by atoms with E-state index in [9.17, 15) is 4.79 Å². The van der Waals surface area contributed by atoms with Crippen molar-refractivity contribution in [3.8, 4) is 5.82 Å². The highest BCUT2D eigenvalue weighted by Gasteiger charge is 2.21. The third-order valence-electron chi connectivity index (χ3n) is 5.77. The molecule has 0 spiro atoms. The maximum absolute atomic E-state index is 13.2. The number of anilines is 1. The van der Waals surface area contributed by atoms with E-state index in [1.807, 2.05) is 49.0 Å². The van der Waals surface area contributed by atoms with Gasteiger partial charge >= 0.3 is 0 Å². The Morgan fingerprint density at radius 2 is 1.80 bits per heavy atom. The van der Waals surface area contributed by atoms with E-state index >= 15 is 0 Å². The van der Waals surface area contributed by atoms with Crippen LogP contribution in [0.3, 0.4) is 0 Å². The van der Waals surface area contributed by atoms with E-state index in [2.05, 4.69) is 46.2 Å². The van der Waals surface area contributed by atoms with Crippen molar-refractivity contribution >= 4 is 22.1 Å². The molecule has 3 aromatic heterocycles. The zero-order valence-electron chi connectivity index (χ0n) is 17.8. The first-order chi connectivity index (χ1) is 14.4. The number of rotatable bonds is 2. The Morgan fingerprint density at radius 1 is 1.03 bits per heavy atom. The summed E-state index contributed by atoms with van der Waals surface area (Å²) in [5, 5.41) is 5.20. The minimum absolute atomic E-state index is 0.0656. The molecule has 30 heavy (non-hydrogen) atoms. The largest absolute Gasteiger partial charge is 0.368 e. The van der Waals surface area contributed by atoms with Gasteiger partial charge in [0.1, 0.15) is 0 Å². The zero-order valence-corrected chi connectivity index (χ0v) is 17.8. The van der Waals surface area contributed by atoms with E-state index in [1.54, 1.807) is 4.57 Å². The van der Waals surface area contributed by atoms with Crippen molar-refractivity contribution in [3.05, 3.63) is 64.6 Å². The van der Waals surface area contributed by atoms with Crippen LogP contribution in [0.1, 0.15) is 25.2 Å². The molecule has 0 aliphatic carbocycles. The molecule has 1 aromatic carbocycles. The van der Waals surface area contributed by atoms with Gasteiger partial charge in [0.05, 0.1) is 17.6 Å². The number of benzene rings is 1. The van der Waals surface area contributed by atoms with Gasteiger partial charge in [0.25, 0.3) is 5.56 Å². The van der Waals surface area contributed by atoms with Crippen LogP contribution in [-0.4, -0.2) is 44.1 Å². The number of imidazole rings is 1. The number of fused-ring (bicyclic) bond motifs is 2. The molecule has 1 saturated heterocycles. The molecule has 154 valence electrons. The van der Waals surface area contributed by atoms with Crippen molar-refractivity contribution in [2.24, 2.45) is 0 Å². The van der Waals surface area contributed by atoms with Crippen LogP contribution in [-0.2, 0) is 0 Å². The lowest BCUT2D eigenvalue weighted by molar-refractivity contribution is 0.407. The van der Waals surface area contributed by atoms with E-state index in [0.717, 1.165) is 41.2 Å². The summed E-state index contributed by atoms with van der Waals surface area (Å²) in [4.78, 5) is 24.7. The maximum Gasteiger partial charge on any atom is 0.264 e. The molecule has 0 bridgehead atoms. The molecule has 4 heterocycles. The van der Waals surface area contributed by atoms with Gasteiger partial charge in [-0.15, -0.1) is 0 Å². The Kier molecular flexibility index (Phi) is 4.36. The van der Waals surface area contributed by atoms with E-state index in [1.165, 1.54) is 0 Å². The van der Waals surface area contributed by atoms with Gasteiger partial charge in [-0.1, -0.05) is 0 Å². The highest BCUT2D eigenvalue weighted by atomic mass is 16.1. The predicted molar refractivity (Wildman–Crippen MR) is 120 cm³/mol. The minimum atomic E-state index is -0.0656. The molecule has 1 aliphatic rings. The molecule has 4 aromatic rings. The molecule has 5 rings (SSSR count). The molecule has 1 fully saturated rings. The first-order valence-electron chi connectivity index (χ1n) is 10.4. The van der Waals surface area contributed by atoms with Crippen LogP contribution in [0.5, 0.6) is 0 Å². The van der Waals surface area contributed by atoms with Crippen LogP contribution >= 0.6 is 0 Å². The Bertz CT molecular complexity index is 1310. The Labute approximate surface area is 175 Å². The second-order valence-corrected chi connectivity index (χ2v) is 8.43. The summed E-state index contributed by atoms with van der Waals surface area (Å²) < 4.78 is 3.54. The number of piperazine rings is 1. The molecule has 0 saturated carbocycles. The maximum atomic E-state index is 13.2. The second-order valence-electron chi connectivity index (χ2n) is 8.43. The van der Waals surface area contributed by atoms with Gasteiger partial charge in [-0.25, -0.2) is 9.97 Å². The smallest absolute Gasteiger partial charge is 0.264 e. The molecule has 0 amide bonds. The molecular weight excluding hydrogens is 376 g/mol. The first-order valence-corrected chi connectivity index (χ1v) is 10.4. The predicted octanol–water partition coefficient (Wildman–Crippen LogP) is 2.84. The van der Waals surface area contributed by atoms with Gasteiger partial charge in [-0.3, -0.25) is 9.36 Å². The Balaban J connectivity index is 1.57. The summed E-state index contributed by atoms with van der Waals surface area (Å²) in [7, 11) is 0. The molecule has 7 heteroatoms. The van der Waals surface area contributed by atoms with E-state index in [0.29, 0.717) is 23.3 Å². The number of pyridine rings is 1. The highest BCUT2D eigenvalue weighted by molar-refractivity contribution is 5.85. The average molecular weight is 403 g/mol. The highest BCUT2D eigenvalue weighted by Crippen LogP contribution is 2.23. The number of hydrogen-bond acceptors (Lipinski definition) is 5. The summed E-state index contributed by atoms with van der Waals surface area (Å²) in [6.07, 6.45) is 5.61. The van der Waals surface area contributed by atoms with Crippen LogP contribution in [0, 0.1) is 13.8 Å². The lowest BCUT2D eigenvalue weighted by Gasteiger charge is -2.37. The fraction of sp³-hybridized carbons (Fsp3) is 0.348. The normalized spacial score (nSPS) is 19.7. The number of hydrogen-bond donors (Lipinski definition) is 1. The molecular formula is C23H26N6O. The lowest BCUT2D eigenvalue weighted by atomic mass is 10.1. The fourth-order valence-electron chi connectivity index (χ4n) is 4.52. The molecule has 1 N–H and O–H groups in total. The van der Waals surface area contributed by atoms with Gasteiger partial charge in [0.15, 0.2) is 11.5 Å². The van der Waals surface area contributed by atoms with Crippen molar-refractivity contribution in [2.45, 2.75) is 39.8 Å². The van der Waals surface area contributed by atoms with Crippen LogP contribution in [0.2, 0.25) is 0 Å². The summed E-state index contributed by atoms with van der Waals surface area (Å²) in [6.45, 7) is 10.2. The van der Waals surface area contributed by atoms with Crippen molar-refractivity contribution in [3.63, 3.8) is 0 Å². The molecule has 1 aliphatic heterocycles. The quantitative estimate of drug-likeness (QED) is 0.558. The van der Waals surface area contributed by atoms with Gasteiger partial charge in [0, 0.05) is 48.6 Å². The van der Waals surface area contributed by atoms with Gasteiger partial charge in [-0.05, 0) is 57.3 Å². The van der Waals surface area contributed by atoms with Crippen LogP contribution in [0.25, 0.3) is 22.2 Å². The van der Waals surface area contributed by atoms with Crippen molar-refractivity contribution < 1.29 is 0 Å². The van der Waals surface area contributed by atoms with Crippen LogP contribution < -0.4 is 15.8 Å². The summed E-state index contributed by atoms with van der Waals surface area (Å²) in [5.41, 5.74) is 3.62. The first kappa shape index (κ1) is 18.8. The van der Waals surface area contributed by atoms with Crippen LogP contribution in [0.4, 0.5) is 5.69 Å². The third kappa shape index (κ3) is 3.15.